The van der Waals surface area contributed by atoms with Crippen LogP contribution in [0.4, 0.5) is 0 Å². The molecule has 6 heteroatoms. The van der Waals surface area contributed by atoms with Crippen molar-refractivity contribution in [3.05, 3.63) is 28.2 Å². The van der Waals surface area contributed by atoms with Gasteiger partial charge in [-0.2, -0.15) is 4.31 Å². The Kier molecular flexibility index (Phi) is 5.82. The molecule has 0 saturated heterocycles. The van der Waals surface area contributed by atoms with Gasteiger partial charge in [-0.15, -0.1) is 0 Å². The number of hydrogen-bond acceptors (Lipinski definition) is 3. The molecule has 118 valence electrons. The molecular weight excluding hydrogens is 352 g/mol. The topological polar surface area (TPSA) is 63.4 Å². The van der Waals surface area contributed by atoms with Crippen LogP contribution in [0.15, 0.2) is 27.6 Å². The summed E-state index contributed by atoms with van der Waals surface area (Å²) in [6.45, 7) is 0.400. The summed E-state index contributed by atoms with van der Waals surface area (Å²) in [4.78, 5) is 0.325. The quantitative estimate of drug-likeness (QED) is 0.822. The van der Waals surface area contributed by atoms with Gasteiger partial charge in [0.1, 0.15) is 0 Å². The van der Waals surface area contributed by atoms with Gasteiger partial charge >= 0.3 is 0 Å². The average molecular weight is 375 g/mol. The molecule has 1 aliphatic rings. The maximum absolute atomic E-state index is 12.8. The van der Waals surface area contributed by atoms with Gasteiger partial charge in [0.2, 0.25) is 10.0 Å². The monoisotopic (exact) mass is 374 g/mol. The molecule has 1 saturated carbocycles. The van der Waals surface area contributed by atoms with Crippen molar-refractivity contribution in [2.75, 3.05) is 7.05 Å². The van der Waals surface area contributed by atoms with E-state index in [-0.39, 0.29) is 6.04 Å². The van der Waals surface area contributed by atoms with Gasteiger partial charge in [0.25, 0.3) is 0 Å². The molecule has 0 amide bonds. The van der Waals surface area contributed by atoms with Crippen LogP contribution in [0.2, 0.25) is 0 Å². The normalized spacial score (nSPS) is 17.9. The summed E-state index contributed by atoms with van der Waals surface area (Å²) in [6.07, 6.45) is 6.54. The Morgan fingerprint density at radius 2 is 1.86 bits per heavy atom. The molecule has 0 aromatic heterocycles. The van der Waals surface area contributed by atoms with Gasteiger partial charge in [-0.05, 0) is 46.5 Å². The summed E-state index contributed by atoms with van der Waals surface area (Å²) in [6, 6.07) is 5.32. The van der Waals surface area contributed by atoms with E-state index in [1.165, 1.54) is 12.8 Å². The first-order chi connectivity index (χ1) is 9.96. The van der Waals surface area contributed by atoms with Crippen LogP contribution in [-0.2, 0) is 16.6 Å². The first-order valence-electron chi connectivity index (χ1n) is 7.43. The van der Waals surface area contributed by atoms with Crippen molar-refractivity contribution in [3.63, 3.8) is 0 Å². The highest BCUT2D eigenvalue weighted by Gasteiger charge is 2.29. The van der Waals surface area contributed by atoms with Crippen LogP contribution in [-0.4, -0.2) is 25.8 Å². The van der Waals surface area contributed by atoms with E-state index >= 15 is 0 Å². The first kappa shape index (κ1) is 16.9. The third kappa shape index (κ3) is 3.86. The van der Waals surface area contributed by atoms with E-state index in [1.54, 1.807) is 29.6 Å². The fourth-order valence-corrected chi connectivity index (χ4v) is 5.35. The van der Waals surface area contributed by atoms with Gasteiger partial charge < -0.3 is 5.73 Å². The number of nitrogens with two attached hydrogens (primary N) is 1. The highest BCUT2D eigenvalue weighted by Crippen LogP contribution is 2.30. The van der Waals surface area contributed by atoms with Crippen LogP contribution in [0.25, 0.3) is 0 Å². The van der Waals surface area contributed by atoms with E-state index in [9.17, 15) is 8.42 Å². The zero-order valence-electron chi connectivity index (χ0n) is 12.4. The van der Waals surface area contributed by atoms with E-state index in [1.807, 2.05) is 0 Å². The van der Waals surface area contributed by atoms with Gasteiger partial charge in [-0.3, -0.25) is 0 Å². The van der Waals surface area contributed by atoms with E-state index in [0.29, 0.717) is 15.9 Å². The van der Waals surface area contributed by atoms with Crippen molar-refractivity contribution in [1.29, 1.82) is 0 Å². The van der Waals surface area contributed by atoms with Crippen LogP contribution in [0, 0.1) is 0 Å². The largest absolute Gasteiger partial charge is 0.326 e. The molecule has 4 nitrogen and oxygen atoms in total. The fraction of sp³-hybridized carbons (Fsp3) is 0.600. The lowest BCUT2D eigenvalue weighted by Gasteiger charge is -2.27. The lowest BCUT2D eigenvalue weighted by atomic mass is 10.1. The maximum atomic E-state index is 12.8. The molecule has 0 atom stereocenters. The maximum Gasteiger partial charge on any atom is 0.244 e. The Morgan fingerprint density at radius 3 is 2.38 bits per heavy atom. The van der Waals surface area contributed by atoms with Crippen LogP contribution in [0.5, 0.6) is 0 Å². The number of rotatable bonds is 4. The van der Waals surface area contributed by atoms with Crippen molar-refractivity contribution in [1.82, 2.24) is 4.31 Å². The van der Waals surface area contributed by atoms with E-state index in [0.717, 1.165) is 31.2 Å². The fourth-order valence-electron chi connectivity index (χ4n) is 2.85. The summed E-state index contributed by atoms with van der Waals surface area (Å²) >= 11 is 3.37. The molecule has 0 spiro atoms. The molecule has 0 bridgehead atoms. The number of hydrogen-bond donors (Lipinski definition) is 1. The second-order valence-electron chi connectivity index (χ2n) is 5.64. The molecule has 0 unspecified atom stereocenters. The van der Waals surface area contributed by atoms with Crippen LogP contribution in [0.1, 0.15) is 44.1 Å². The van der Waals surface area contributed by atoms with Crippen LogP contribution < -0.4 is 5.73 Å². The number of sulfonamides is 1. The molecule has 1 aliphatic carbocycles. The predicted octanol–water partition coefficient (Wildman–Crippen LogP) is 3.25. The number of nitrogens with zero attached hydrogens (tertiary/aromatic N) is 1. The molecule has 1 aromatic rings. The lowest BCUT2D eigenvalue weighted by Crippen LogP contribution is -2.36. The summed E-state index contributed by atoms with van der Waals surface area (Å²) < 4.78 is 27.8. The summed E-state index contributed by atoms with van der Waals surface area (Å²) in [5.74, 6) is 0. The minimum absolute atomic E-state index is 0.110. The second-order valence-corrected chi connectivity index (χ2v) is 8.46. The zero-order valence-corrected chi connectivity index (χ0v) is 14.8. The Morgan fingerprint density at radius 1 is 1.24 bits per heavy atom. The standard InChI is InChI=1S/C15H23BrN2O2S/c1-18(13-6-4-2-3-5-7-13)21(19,20)15-9-8-12(11-17)10-14(15)16/h8-10,13H,2-7,11,17H2,1H3. The summed E-state index contributed by atoms with van der Waals surface area (Å²) in [7, 11) is -1.76. The Labute approximate surface area is 135 Å². The average Bonchev–Trinajstić information content (AvgIpc) is 2.74. The van der Waals surface area contributed by atoms with Gasteiger partial charge in [0, 0.05) is 24.1 Å². The molecular formula is C15H23BrN2O2S. The molecule has 21 heavy (non-hydrogen) atoms. The molecule has 2 rings (SSSR count). The van der Waals surface area contributed by atoms with Crippen molar-refractivity contribution >= 4 is 26.0 Å². The molecule has 1 fully saturated rings. The highest BCUT2D eigenvalue weighted by atomic mass is 79.9. The SMILES string of the molecule is CN(C1CCCCCC1)S(=O)(=O)c1ccc(CN)cc1Br. The molecule has 0 aliphatic heterocycles. The smallest absolute Gasteiger partial charge is 0.244 e. The Balaban J connectivity index is 2.27. The minimum Gasteiger partial charge on any atom is -0.326 e. The Bertz CT molecular complexity index is 581. The predicted molar refractivity (Wildman–Crippen MR) is 88.5 cm³/mol. The van der Waals surface area contributed by atoms with Crippen molar-refractivity contribution in [3.8, 4) is 0 Å². The van der Waals surface area contributed by atoms with E-state index in [4.69, 9.17) is 5.73 Å². The number of halogens is 1. The van der Waals surface area contributed by atoms with Crippen molar-refractivity contribution < 1.29 is 8.42 Å². The van der Waals surface area contributed by atoms with Crippen molar-refractivity contribution in [2.45, 2.75) is 56.0 Å². The lowest BCUT2D eigenvalue weighted by molar-refractivity contribution is 0.335. The molecule has 1 aromatic carbocycles. The number of benzene rings is 1. The van der Waals surface area contributed by atoms with Crippen molar-refractivity contribution in [2.24, 2.45) is 5.73 Å². The van der Waals surface area contributed by atoms with Gasteiger partial charge in [-0.1, -0.05) is 31.7 Å². The zero-order chi connectivity index (χ0) is 15.5. The third-order valence-corrected chi connectivity index (χ3v) is 7.11. The van der Waals surface area contributed by atoms with Gasteiger partial charge in [-0.25, -0.2) is 8.42 Å². The Hall–Kier alpha value is -0.430. The van der Waals surface area contributed by atoms with E-state index < -0.39 is 10.0 Å². The van der Waals surface area contributed by atoms with Crippen LogP contribution >= 0.6 is 15.9 Å². The van der Waals surface area contributed by atoms with Gasteiger partial charge in [0.15, 0.2) is 0 Å². The first-order valence-corrected chi connectivity index (χ1v) is 9.66. The van der Waals surface area contributed by atoms with E-state index in [2.05, 4.69) is 15.9 Å². The molecule has 0 radical (unpaired) electrons. The highest BCUT2D eigenvalue weighted by molar-refractivity contribution is 9.10. The third-order valence-electron chi connectivity index (χ3n) is 4.23. The second kappa shape index (κ2) is 7.22. The minimum atomic E-state index is -3.46. The van der Waals surface area contributed by atoms with Gasteiger partial charge in [0.05, 0.1) is 4.90 Å². The molecule has 0 heterocycles. The summed E-state index contributed by atoms with van der Waals surface area (Å²) in [5.41, 5.74) is 6.51. The summed E-state index contributed by atoms with van der Waals surface area (Å²) in [5, 5.41) is 0. The van der Waals surface area contributed by atoms with Crippen LogP contribution in [0.3, 0.4) is 0 Å². The molecule has 2 N–H and O–H groups in total.